The fourth-order valence-electron chi connectivity index (χ4n) is 7.69. The number of hydrogen-bond acceptors (Lipinski definition) is 8. The number of aromatic amines is 1. The number of amides is 1. The van der Waals surface area contributed by atoms with Gasteiger partial charge in [-0.25, -0.2) is 9.52 Å². The number of halogens is 1. The minimum absolute atomic E-state index is 0.00788. The number of anilines is 2. The predicted octanol–water partition coefficient (Wildman–Crippen LogP) is 9.05. The number of ether oxygens (including phenoxy) is 1. The first-order valence-corrected chi connectivity index (χ1v) is 21.1. The molecule has 2 atom stereocenters. The number of aromatic nitrogens is 2. The molecule has 5 N–H and O–H groups in total. The molecule has 0 radical (unpaired) electrons. The quantitative estimate of drug-likeness (QED) is 0.107. The van der Waals surface area contributed by atoms with Gasteiger partial charge in [0.25, 0.3) is 11.5 Å². The Labute approximate surface area is 336 Å². The van der Waals surface area contributed by atoms with Crippen molar-refractivity contribution in [3.63, 3.8) is 0 Å². The SMILES string of the molecule is CC1CC(C(C)(C)C)C(OC(=O)c2c(-c3ccc(Cl)cc3)c(Sc3ccccc3)n3c(=O)c(C(=O)NS(=O)(=O)Nc4ccccc4)c(N)[nH]c23)C(C(C)(C)C)C1. The minimum atomic E-state index is -4.51. The molecule has 296 valence electrons. The molecule has 0 spiro atoms. The number of nitrogen functional groups attached to an aromatic ring is 1. The van der Waals surface area contributed by atoms with E-state index >= 15 is 4.79 Å². The zero-order valence-corrected chi connectivity index (χ0v) is 34.9. The van der Waals surface area contributed by atoms with Crippen LogP contribution in [0.1, 0.15) is 82.0 Å². The predicted molar refractivity (Wildman–Crippen MR) is 223 cm³/mol. The first kappa shape index (κ1) is 40.9. The van der Waals surface area contributed by atoms with E-state index in [-0.39, 0.29) is 44.6 Å². The van der Waals surface area contributed by atoms with Crippen molar-refractivity contribution in [3.8, 4) is 11.1 Å². The number of benzene rings is 3. The number of rotatable bonds is 9. The summed E-state index contributed by atoms with van der Waals surface area (Å²) in [4.78, 5) is 47.2. The topological polar surface area (TPSA) is 165 Å². The van der Waals surface area contributed by atoms with E-state index in [1.165, 1.54) is 28.3 Å². The Bertz CT molecular complexity index is 2400. The molecule has 1 aliphatic carbocycles. The zero-order chi connectivity index (χ0) is 40.7. The number of para-hydroxylation sites is 1. The first-order valence-electron chi connectivity index (χ1n) is 18.4. The van der Waals surface area contributed by atoms with Gasteiger partial charge in [0.2, 0.25) is 0 Å². The number of H-pyrrole nitrogens is 1. The van der Waals surface area contributed by atoms with Crippen molar-refractivity contribution >= 4 is 62.6 Å². The standard InChI is InChI=1S/C42H48ClN5O6S2/c1-24-22-29(41(2,3)4)34(30(23-24)42(5,6)7)54-40(51)32-31(25-18-20-26(43)21-19-25)39(55-28-16-12-9-13-17-28)48-36(32)45-35(44)33(38(48)50)37(49)47-56(52,53)46-27-14-10-8-11-15-27/h8-21,24,29-30,34,45-46H,22-23,44H2,1-7H3,(H,47,49). The van der Waals surface area contributed by atoms with E-state index in [0.29, 0.717) is 22.1 Å². The van der Waals surface area contributed by atoms with Crippen molar-refractivity contribution in [1.82, 2.24) is 14.1 Å². The molecule has 2 aromatic heterocycles. The number of nitrogens with zero attached hydrogens (tertiary/aromatic N) is 1. The Morgan fingerprint density at radius 1 is 0.875 bits per heavy atom. The van der Waals surface area contributed by atoms with E-state index in [9.17, 15) is 18.0 Å². The van der Waals surface area contributed by atoms with Crippen LogP contribution in [-0.4, -0.2) is 35.8 Å². The molecule has 0 saturated heterocycles. The number of fused-ring (bicyclic) bond motifs is 1. The number of nitrogens with one attached hydrogen (secondary N) is 3. The zero-order valence-electron chi connectivity index (χ0n) is 32.5. The first-order chi connectivity index (χ1) is 26.2. The van der Waals surface area contributed by atoms with Gasteiger partial charge in [-0.15, -0.1) is 0 Å². The van der Waals surface area contributed by atoms with E-state index in [0.717, 1.165) is 17.7 Å². The maximum absolute atomic E-state index is 15.1. The summed E-state index contributed by atoms with van der Waals surface area (Å²) < 4.78 is 38.2. The third kappa shape index (κ3) is 8.64. The molecule has 2 heterocycles. The molecule has 1 aliphatic rings. The van der Waals surface area contributed by atoms with Crippen LogP contribution in [0.3, 0.4) is 0 Å². The lowest BCUT2D eigenvalue weighted by Gasteiger charge is -2.50. The summed E-state index contributed by atoms with van der Waals surface area (Å²) in [6.45, 7) is 15.2. The smallest absolute Gasteiger partial charge is 0.342 e. The highest BCUT2D eigenvalue weighted by molar-refractivity contribution is 7.99. The highest BCUT2D eigenvalue weighted by Gasteiger charge is 2.48. The Kier molecular flexibility index (Phi) is 11.5. The average molecular weight is 818 g/mol. The molecule has 3 aromatic carbocycles. The van der Waals surface area contributed by atoms with E-state index in [1.54, 1.807) is 42.5 Å². The van der Waals surface area contributed by atoms with E-state index in [2.05, 4.69) is 58.2 Å². The molecule has 11 nitrogen and oxygen atoms in total. The van der Waals surface area contributed by atoms with Gasteiger partial charge in [0.1, 0.15) is 28.7 Å². The third-order valence-electron chi connectivity index (χ3n) is 10.4. The number of carbonyl (C=O) groups is 2. The highest BCUT2D eigenvalue weighted by atomic mass is 35.5. The largest absolute Gasteiger partial charge is 0.458 e. The fourth-order valence-corrected chi connectivity index (χ4v) is 9.76. The Balaban J connectivity index is 1.58. The summed E-state index contributed by atoms with van der Waals surface area (Å²) in [6.07, 6.45) is 1.27. The van der Waals surface area contributed by atoms with Crippen molar-refractivity contribution in [3.05, 3.63) is 111 Å². The summed E-state index contributed by atoms with van der Waals surface area (Å²) >= 11 is 7.53. The maximum atomic E-state index is 15.1. The van der Waals surface area contributed by atoms with Crippen LogP contribution < -0.4 is 20.7 Å². The number of carbonyl (C=O) groups excluding carboxylic acids is 2. The van der Waals surface area contributed by atoms with Gasteiger partial charge in [0.05, 0.1) is 10.7 Å². The van der Waals surface area contributed by atoms with Crippen LogP contribution in [0.2, 0.25) is 5.02 Å². The lowest BCUT2D eigenvalue weighted by atomic mass is 9.59. The lowest BCUT2D eigenvalue weighted by Crippen LogP contribution is -2.49. The molecule has 0 bridgehead atoms. The van der Waals surface area contributed by atoms with Gasteiger partial charge in [-0.3, -0.25) is 18.7 Å². The third-order valence-corrected chi connectivity index (χ3v) is 12.7. The molecule has 1 fully saturated rings. The van der Waals surface area contributed by atoms with Crippen molar-refractivity contribution in [2.45, 2.75) is 77.3 Å². The normalized spacial score (nSPS) is 19.1. The van der Waals surface area contributed by atoms with Gasteiger partial charge in [0, 0.05) is 27.3 Å². The molecule has 14 heteroatoms. The number of esters is 1. The Morgan fingerprint density at radius 3 is 1.98 bits per heavy atom. The van der Waals surface area contributed by atoms with Crippen molar-refractivity contribution in [1.29, 1.82) is 0 Å². The number of hydrogen-bond donors (Lipinski definition) is 4. The Morgan fingerprint density at radius 2 is 1.43 bits per heavy atom. The van der Waals surface area contributed by atoms with Gasteiger partial charge >= 0.3 is 16.2 Å². The van der Waals surface area contributed by atoms with Crippen molar-refractivity contribution in [2.24, 2.45) is 28.6 Å². The average Bonchev–Trinajstić information content (AvgIpc) is 3.42. The second-order valence-electron chi connectivity index (χ2n) is 16.7. The Hall–Kier alpha value is -4.72. The van der Waals surface area contributed by atoms with Crippen LogP contribution in [0.4, 0.5) is 11.5 Å². The van der Waals surface area contributed by atoms with Crippen LogP contribution >= 0.6 is 23.4 Å². The number of nitrogens with two attached hydrogens (primary N) is 1. The second kappa shape index (κ2) is 15.7. The van der Waals surface area contributed by atoms with E-state index in [1.807, 2.05) is 35.1 Å². The van der Waals surface area contributed by atoms with Crippen LogP contribution in [0.15, 0.2) is 99.6 Å². The molecule has 56 heavy (non-hydrogen) atoms. The summed E-state index contributed by atoms with van der Waals surface area (Å²) in [5.74, 6) is -1.91. The van der Waals surface area contributed by atoms with Gasteiger partial charge in [0.15, 0.2) is 0 Å². The van der Waals surface area contributed by atoms with Gasteiger partial charge < -0.3 is 15.5 Å². The van der Waals surface area contributed by atoms with Gasteiger partial charge in [-0.1, -0.05) is 120 Å². The van der Waals surface area contributed by atoms with Gasteiger partial charge in [-0.2, -0.15) is 8.42 Å². The van der Waals surface area contributed by atoms with Crippen molar-refractivity contribution in [2.75, 3.05) is 10.5 Å². The summed E-state index contributed by atoms with van der Waals surface area (Å²) in [6, 6.07) is 24.0. The van der Waals surface area contributed by atoms with Crippen LogP contribution in [0.5, 0.6) is 0 Å². The van der Waals surface area contributed by atoms with E-state index in [4.69, 9.17) is 22.1 Å². The van der Waals surface area contributed by atoms with Crippen LogP contribution in [0, 0.1) is 28.6 Å². The fraction of sp³-hybridized carbons (Fsp3) is 0.357. The maximum Gasteiger partial charge on any atom is 0.342 e. The minimum Gasteiger partial charge on any atom is -0.458 e. The van der Waals surface area contributed by atoms with Crippen LogP contribution in [-0.2, 0) is 14.9 Å². The van der Waals surface area contributed by atoms with Gasteiger partial charge in [-0.05, 0) is 71.6 Å². The highest BCUT2D eigenvalue weighted by Crippen LogP contribution is 2.50. The lowest BCUT2D eigenvalue weighted by molar-refractivity contribution is -0.0922. The summed E-state index contributed by atoms with van der Waals surface area (Å²) in [7, 11) is -4.51. The molecular weight excluding hydrogens is 770 g/mol. The van der Waals surface area contributed by atoms with Crippen LogP contribution in [0.25, 0.3) is 16.8 Å². The van der Waals surface area contributed by atoms with Crippen molar-refractivity contribution < 1.29 is 22.7 Å². The molecule has 5 aromatic rings. The van der Waals surface area contributed by atoms with E-state index < -0.39 is 45.1 Å². The molecule has 0 aliphatic heterocycles. The summed E-state index contributed by atoms with van der Waals surface area (Å²) in [5, 5.41) is 0.735. The summed E-state index contributed by atoms with van der Waals surface area (Å²) in [5.41, 5.74) is 5.57. The molecule has 6 rings (SSSR count). The molecule has 1 amide bonds. The molecule has 1 saturated carbocycles. The monoisotopic (exact) mass is 817 g/mol. The molecular formula is C42H48ClN5O6S2. The molecule has 2 unspecified atom stereocenters. The second-order valence-corrected chi connectivity index (χ2v) is 19.6.